The van der Waals surface area contributed by atoms with E-state index in [2.05, 4.69) is 16.8 Å². The third kappa shape index (κ3) is 2.81. The molecule has 4 rings (SSSR count). The van der Waals surface area contributed by atoms with Crippen LogP contribution < -0.4 is 5.56 Å². The normalized spacial score (nSPS) is 18.8. The van der Waals surface area contributed by atoms with Crippen LogP contribution in [0.1, 0.15) is 38.2 Å². The molecule has 3 aromatic rings. The number of aromatic nitrogens is 1. The van der Waals surface area contributed by atoms with Gasteiger partial charge in [-0.3, -0.25) is 9.69 Å². The average molecular weight is 336 g/mol. The van der Waals surface area contributed by atoms with E-state index in [1.807, 2.05) is 36.4 Å². The van der Waals surface area contributed by atoms with Gasteiger partial charge in [0.15, 0.2) is 0 Å². The van der Waals surface area contributed by atoms with Crippen molar-refractivity contribution in [2.75, 3.05) is 6.54 Å². The first kappa shape index (κ1) is 16.2. The minimum atomic E-state index is -0.179. The number of aromatic amines is 1. The van der Waals surface area contributed by atoms with Crippen LogP contribution >= 0.6 is 0 Å². The number of likely N-dealkylation sites (tertiary alicyclic amines) is 1. The third-order valence-corrected chi connectivity index (χ3v) is 5.56. The molecule has 2 N–H and O–H groups in total. The SMILES string of the molecule is CCC1CCCCN1Cc1c(O)c2ccc3ccccc3c2[nH]c1=O. The van der Waals surface area contributed by atoms with E-state index < -0.39 is 0 Å². The van der Waals surface area contributed by atoms with Gasteiger partial charge in [-0.2, -0.15) is 0 Å². The molecule has 130 valence electrons. The Balaban J connectivity index is 1.82. The standard InChI is InChI=1S/C21H24N2O2/c1-2-15-8-5-6-12-23(15)13-18-20(24)17-11-10-14-7-3-4-9-16(14)19(17)22-21(18)25/h3-4,7,9-11,15H,2,5-6,8,12-13H2,1H3,(H2,22,24,25). The first-order valence-electron chi connectivity index (χ1n) is 9.18. The lowest BCUT2D eigenvalue weighted by molar-refractivity contribution is 0.134. The Hall–Kier alpha value is -2.33. The molecule has 4 nitrogen and oxygen atoms in total. The lowest BCUT2D eigenvalue weighted by Gasteiger charge is -2.35. The predicted molar refractivity (Wildman–Crippen MR) is 102 cm³/mol. The van der Waals surface area contributed by atoms with Crippen LogP contribution in [0.2, 0.25) is 0 Å². The molecule has 1 aliphatic rings. The number of aromatic hydroxyl groups is 1. The highest BCUT2D eigenvalue weighted by Crippen LogP contribution is 2.32. The van der Waals surface area contributed by atoms with E-state index in [0.717, 1.165) is 41.1 Å². The number of nitrogens with one attached hydrogen (secondary N) is 1. The Morgan fingerprint density at radius 3 is 2.84 bits per heavy atom. The smallest absolute Gasteiger partial charge is 0.256 e. The van der Waals surface area contributed by atoms with Gasteiger partial charge in [0.25, 0.3) is 5.56 Å². The van der Waals surface area contributed by atoms with Crippen LogP contribution in [-0.2, 0) is 6.54 Å². The molecule has 1 aromatic heterocycles. The van der Waals surface area contributed by atoms with Crippen LogP contribution in [0.25, 0.3) is 21.7 Å². The van der Waals surface area contributed by atoms with Gasteiger partial charge < -0.3 is 10.1 Å². The molecule has 1 atom stereocenters. The minimum Gasteiger partial charge on any atom is -0.507 e. The second-order valence-corrected chi connectivity index (χ2v) is 7.02. The van der Waals surface area contributed by atoms with E-state index >= 15 is 0 Å². The quantitative estimate of drug-likeness (QED) is 0.706. The average Bonchev–Trinajstić information content (AvgIpc) is 2.65. The largest absolute Gasteiger partial charge is 0.507 e. The fourth-order valence-corrected chi connectivity index (χ4v) is 4.14. The molecule has 1 unspecified atom stereocenters. The topological polar surface area (TPSA) is 56.3 Å². The summed E-state index contributed by atoms with van der Waals surface area (Å²) in [6.45, 7) is 3.70. The molecular weight excluding hydrogens is 312 g/mol. The molecule has 0 spiro atoms. The number of rotatable bonds is 3. The highest BCUT2D eigenvalue weighted by Gasteiger charge is 2.24. The number of fused-ring (bicyclic) bond motifs is 3. The molecular formula is C21H24N2O2. The van der Waals surface area contributed by atoms with E-state index in [0.29, 0.717) is 18.2 Å². The Morgan fingerprint density at radius 1 is 1.16 bits per heavy atom. The van der Waals surface area contributed by atoms with E-state index in [9.17, 15) is 9.90 Å². The van der Waals surface area contributed by atoms with Gasteiger partial charge in [0, 0.05) is 23.4 Å². The third-order valence-electron chi connectivity index (χ3n) is 5.56. The molecule has 0 saturated carbocycles. The van der Waals surface area contributed by atoms with Crippen molar-refractivity contribution in [2.24, 2.45) is 0 Å². The fourth-order valence-electron chi connectivity index (χ4n) is 4.14. The number of H-pyrrole nitrogens is 1. The van der Waals surface area contributed by atoms with Gasteiger partial charge >= 0.3 is 0 Å². The summed E-state index contributed by atoms with van der Waals surface area (Å²) in [5.41, 5.74) is 1.03. The van der Waals surface area contributed by atoms with Crippen molar-refractivity contribution in [3.8, 4) is 5.75 Å². The zero-order valence-corrected chi connectivity index (χ0v) is 14.6. The van der Waals surface area contributed by atoms with Crippen LogP contribution in [0.15, 0.2) is 41.2 Å². The Kier molecular flexibility index (Phi) is 4.22. The molecule has 1 aliphatic heterocycles. The Morgan fingerprint density at radius 2 is 2.00 bits per heavy atom. The van der Waals surface area contributed by atoms with E-state index in [1.165, 1.54) is 12.8 Å². The molecule has 2 heterocycles. The maximum atomic E-state index is 12.7. The molecule has 1 saturated heterocycles. The van der Waals surface area contributed by atoms with Crippen LogP contribution in [-0.4, -0.2) is 27.6 Å². The number of benzene rings is 2. The highest BCUT2D eigenvalue weighted by molar-refractivity contribution is 6.07. The van der Waals surface area contributed by atoms with Crippen molar-refractivity contribution in [3.63, 3.8) is 0 Å². The number of pyridine rings is 1. The summed E-state index contributed by atoms with van der Waals surface area (Å²) in [6, 6.07) is 12.3. The van der Waals surface area contributed by atoms with Crippen molar-refractivity contribution in [1.82, 2.24) is 9.88 Å². The van der Waals surface area contributed by atoms with Crippen molar-refractivity contribution >= 4 is 21.7 Å². The van der Waals surface area contributed by atoms with E-state index in [4.69, 9.17) is 0 Å². The lowest BCUT2D eigenvalue weighted by atomic mass is 9.98. The van der Waals surface area contributed by atoms with Crippen molar-refractivity contribution in [1.29, 1.82) is 0 Å². The molecule has 0 radical (unpaired) electrons. The first-order chi connectivity index (χ1) is 12.2. The predicted octanol–water partition coefficient (Wildman–Crippen LogP) is 4.15. The zero-order valence-electron chi connectivity index (χ0n) is 14.6. The lowest BCUT2D eigenvalue weighted by Crippen LogP contribution is -2.39. The van der Waals surface area contributed by atoms with Gasteiger partial charge in [0.2, 0.25) is 0 Å². The van der Waals surface area contributed by atoms with Crippen LogP contribution in [0, 0.1) is 0 Å². The van der Waals surface area contributed by atoms with Crippen molar-refractivity contribution in [2.45, 2.75) is 45.2 Å². The Labute approximate surface area is 147 Å². The molecule has 4 heteroatoms. The van der Waals surface area contributed by atoms with Gasteiger partial charge in [-0.15, -0.1) is 0 Å². The first-order valence-corrected chi connectivity index (χ1v) is 9.18. The minimum absolute atomic E-state index is 0.130. The van der Waals surface area contributed by atoms with Crippen molar-refractivity contribution in [3.05, 3.63) is 52.3 Å². The molecule has 0 amide bonds. The maximum Gasteiger partial charge on any atom is 0.256 e. The fraction of sp³-hybridized carbons (Fsp3) is 0.381. The summed E-state index contributed by atoms with van der Waals surface area (Å²) in [5, 5.41) is 13.6. The van der Waals surface area contributed by atoms with Gasteiger partial charge in [0.1, 0.15) is 5.75 Å². The van der Waals surface area contributed by atoms with Crippen LogP contribution in [0.4, 0.5) is 0 Å². The second-order valence-electron chi connectivity index (χ2n) is 7.02. The van der Waals surface area contributed by atoms with Gasteiger partial charge in [-0.1, -0.05) is 43.7 Å². The number of hydrogen-bond donors (Lipinski definition) is 2. The summed E-state index contributed by atoms with van der Waals surface area (Å²) in [5.74, 6) is 0.130. The molecule has 25 heavy (non-hydrogen) atoms. The van der Waals surface area contributed by atoms with E-state index in [1.54, 1.807) is 0 Å². The van der Waals surface area contributed by atoms with Gasteiger partial charge in [-0.05, 0) is 37.3 Å². The Bertz CT molecular complexity index is 977. The summed E-state index contributed by atoms with van der Waals surface area (Å²) in [4.78, 5) is 18.1. The van der Waals surface area contributed by atoms with Crippen LogP contribution in [0.5, 0.6) is 5.75 Å². The maximum absolute atomic E-state index is 12.7. The molecule has 1 fully saturated rings. The number of nitrogens with zero attached hydrogens (tertiary/aromatic N) is 1. The summed E-state index contributed by atoms with van der Waals surface area (Å²) >= 11 is 0. The van der Waals surface area contributed by atoms with E-state index in [-0.39, 0.29) is 11.3 Å². The van der Waals surface area contributed by atoms with Gasteiger partial charge in [0.05, 0.1) is 11.1 Å². The summed E-state index contributed by atoms with van der Waals surface area (Å²) in [6.07, 6.45) is 4.67. The highest BCUT2D eigenvalue weighted by atomic mass is 16.3. The van der Waals surface area contributed by atoms with Crippen molar-refractivity contribution < 1.29 is 5.11 Å². The second kappa shape index (κ2) is 6.52. The molecule has 2 aromatic carbocycles. The molecule has 0 bridgehead atoms. The number of hydrogen-bond acceptors (Lipinski definition) is 3. The summed E-state index contributed by atoms with van der Waals surface area (Å²) < 4.78 is 0. The monoisotopic (exact) mass is 336 g/mol. The summed E-state index contributed by atoms with van der Waals surface area (Å²) in [7, 11) is 0. The zero-order chi connectivity index (χ0) is 17.4. The van der Waals surface area contributed by atoms with Crippen LogP contribution in [0.3, 0.4) is 0 Å². The van der Waals surface area contributed by atoms with Gasteiger partial charge in [-0.25, -0.2) is 0 Å². The molecule has 0 aliphatic carbocycles. The number of piperidine rings is 1.